The first kappa shape index (κ1) is 18.8. The number of carbonyl (C=O) groups excluding carboxylic acids is 2. The zero-order valence-electron chi connectivity index (χ0n) is 14.4. The zero-order chi connectivity index (χ0) is 18.2. The minimum absolute atomic E-state index is 0.245. The monoisotopic (exact) mass is 354 g/mol. The molecule has 5 heteroatoms. The van der Waals surface area contributed by atoms with Gasteiger partial charge < -0.3 is 10.6 Å². The summed E-state index contributed by atoms with van der Waals surface area (Å²) in [5, 5.41) is 6.02. The van der Waals surface area contributed by atoms with Gasteiger partial charge in [0, 0.05) is 22.3 Å². The summed E-state index contributed by atoms with van der Waals surface area (Å²) in [6.45, 7) is 8.20. The lowest BCUT2D eigenvalue weighted by molar-refractivity contribution is 0.0959. The van der Waals surface area contributed by atoms with Gasteiger partial charge in [-0.2, -0.15) is 0 Å². The number of rotatable bonds is 7. The summed E-state index contributed by atoms with van der Waals surface area (Å²) in [7, 11) is 0. The molecule has 0 unspecified atom stereocenters. The van der Waals surface area contributed by atoms with E-state index in [-0.39, 0.29) is 11.8 Å². The van der Waals surface area contributed by atoms with Crippen LogP contribution in [0.1, 0.15) is 34.6 Å². The Morgan fingerprint density at radius 1 is 1.08 bits per heavy atom. The smallest absolute Gasteiger partial charge is 0.255 e. The molecule has 0 bridgehead atoms. The molecule has 2 N–H and O–H groups in total. The summed E-state index contributed by atoms with van der Waals surface area (Å²) in [6.07, 6.45) is 1.61. The van der Waals surface area contributed by atoms with Crippen molar-refractivity contribution in [2.75, 3.05) is 11.9 Å². The van der Waals surface area contributed by atoms with Crippen LogP contribution in [0, 0.1) is 0 Å². The van der Waals surface area contributed by atoms with E-state index in [0.29, 0.717) is 28.6 Å². The summed E-state index contributed by atoms with van der Waals surface area (Å²) in [6, 6.07) is 14.4. The zero-order valence-corrected chi connectivity index (χ0v) is 15.2. The van der Waals surface area contributed by atoms with E-state index in [1.54, 1.807) is 54.2 Å². The highest BCUT2D eigenvalue weighted by molar-refractivity contribution is 7.99. The molecular formula is C20H22N2O2S. The fourth-order valence-electron chi connectivity index (χ4n) is 2.20. The van der Waals surface area contributed by atoms with E-state index in [0.717, 1.165) is 4.90 Å². The second kappa shape index (κ2) is 9.08. The molecule has 2 aromatic rings. The van der Waals surface area contributed by atoms with Crippen molar-refractivity contribution < 1.29 is 9.59 Å². The van der Waals surface area contributed by atoms with E-state index < -0.39 is 0 Å². The molecule has 0 saturated carbocycles. The van der Waals surface area contributed by atoms with Gasteiger partial charge in [0.2, 0.25) is 0 Å². The summed E-state index contributed by atoms with van der Waals surface area (Å²) in [4.78, 5) is 25.8. The lowest BCUT2D eigenvalue weighted by atomic mass is 10.1. The van der Waals surface area contributed by atoms with Crippen molar-refractivity contribution in [1.82, 2.24) is 5.32 Å². The highest BCUT2D eigenvalue weighted by Crippen LogP contribution is 2.23. The quantitative estimate of drug-likeness (QED) is 0.574. The number of hydrogen-bond acceptors (Lipinski definition) is 3. The van der Waals surface area contributed by atoms with Crippen LogP contribution in [0.15, 0.2) is 66.1 Å². The number of para-hydroxylation sites is 1. The predicted molar refractivity (Wildman–Crippen MR) is 104 cm³/mol. The van der Waals surface area contributed by atoms with E-state index in [4.69, 9.17) is 0 Å². The van der Waals surface area contributed by atoms with Gasteiger partial charge in [-0.25, -0.2) is 0 Å². The average Bonchev–Trinajstić information content (AvgIpc) is 2.60. The molecule has 2 aromatic carbocycles. The number of thioether (sulfide) groups is 1. The molecule has 0 radical (unpaired) electrons. The number of amides is 2. The van der Waals surface area contributed by atoms with E-state index in [1.807, 2.05) is 12.1 Å². The molecule has 0 aromatic heterocycles. The van der Waals surface area contributed by atoms with Crippen LogP contribution in [0.25, 0.3) is 0 Å². The number of anilines is 1. The molecule has 0 heterocycles. The van der Waals surface area contributed by atoms with Crippen molar-refractivity contribution in [3.63, 3.8) is 0 Å². The molecule has 0 aliphatic rings. The molecule has 130 valence electrons. The van der Waals surface area contributed by atoms with E-state index >= 15 is 0 Å². The maximum Gasteiger partial charge on any atom is 0.255 e. The maximum atomic E-state index is 12.5. The van der Waals surface area contributed by atoms with Gasteiger partial charge in [-0.3, -0.25) is 9.59 Å². The Hall–Kier alpha value is -2.53. The number of hydrogen-bond donors (Lipinski definition) is 2. The van der Waals surface area contributed by atoms with E-state index in [9.17, 15) is 9.59 Å². The van der Waals surface area contributed by atoms with Crippen LogP contribution in [-0.2, 0) is 0 Å². The minimum atomic E-state index is -0.250. The summed E-state index contributed by atoms with van der Waals surface area (Å²) < 4.78 is 0. The summed E-state index contributed by atoms with van der Waals surface area (Å²) in [5.74, 6) is -0.496. The van der Waals surface area contributed by atoms with E-state index in [1.165, 1.54) is 0 Å². The highest BCUT2D eigenvalue weighted by atomic mass is 32.2. The third-order valence-corrected chi connectivity index (χ3v) is 4.33. The van der Waals surface area contributed by atoms with Gasteiger partial charge in [0.1, 0.15) is 0 Å². The summed E-state index contributed by atoms with van der Waals surface area (Å²) in [5.41, 5.74) is 1.45. The van der Waals surface area contributed by atoms with Crippen LogP contribution < -0.4 is 10.6 Å². The fourth-order valence-corrected chi connectivity index (χ4v) is 3.04. The van der Waals surface area contributed by atoms with Gasteiger partial charge in [-0.05, 0) is 36.4 Å². The third kappa shape index (κ3) is 5.50. The van der Waals surface area contributed by atoms with E-state index in [2.05, 4.69) is 31.1 Å². The van der Waals surface area contributed by atoms with Crippen molar-refractivity contribution in [2.24, 2.45) is 0 Å². The standard InChI is InChI=1S/C20H22N2O2S/c1-4-13-21-20(24)17-7-5-6-8-18(17)22-19(23)15-9-11-16(12-10-15)25-14(2)3/h4-12,14H,1,13H2,2-3H3,(H,21,24)(H,22,23). The minimum Gasteiger partial charge on any atom is -0.349 e. The van der Waals surface area contributed by atoms with Crippen molar-refractivity contribution >= 4 is 29.3 Å². The van der Waals surface area contributed by atoms with Gasteiger partial charge in [0.15, 0.2) is 0 Å². The molecule has 4 nitrogen and oxygen atoms in total. The van der Waals surface area contributed by atoms with Crippen LogP contribution in [-0.4, -0.2) is 23.6 Å². The van der Waals surface area contributed by atoms with Gasteiger partial charge in [-0.1, -0.05) is 32.1 Å². The van der Waals surface area contributed by atoms with Crippen molar-refractivity contribution in [3.05, 3.63) is 72.3 Å². The average molecular weight is 354 g/mol. The maximum absolute atomic E-state index is 12.5. The second-order valence-corrected chi connectivity index (χ2v) is 7.34. The Bertz CT molecular complexity index is 755. The lowest BCUT2D eigenvalue weighted by Gasteiger charge is -2.11. The third-order valence-electron chi connectivity index (χ3n) is 3.32. The summed E-state index contributed by atoms with van der Waals surface area (Å²) >= 11 is 1.74. The van der Waals surface area contributed by atoms with Crippen molar-refractivity contribution in [3.8, 4) is 0 Å². The topological polar surface area (TPSA) is 58.2 Å². The molecule has 0 fully saturated rings. The molecular weight excluding hydrogens is 332 g/mol. The normalized spacial score (nSPS) is 10.4. The van der Waals surface area contributed by atoms with Crippen molar-refractivity contribution in [1.29, 1.82) is 0 Å². The van der Waals surface area contributed by atoms with Gasteiger partial charge in [-0.15, -0.1) is 18.3 Å². The Morgan fingerprint density at radius 3 is 2.40 bits per heavy atom. The van der Waals surface area contributed by atoms with Crippen molar-refractivity contribution in [2.45, 2.75) is 24.0 Å². The van der Waals surface area contributed by atoms with Gasteiger partial charge >= 0.3 is 0 Å². The number of nitrogens with one attached hydrogen (secondary N) is 2. The van der Waals surface area contributed by atoms with Crippen LogP contribution in [0.2, 0.25) is 0 Å². The Morgan fingerprint density at radius 2 is 1.76 bits per heavy atom. The molecule has 2 amide bonds. The predicted octanol–water partition coefficient (Wildman–Crippen LogP) is 4.36. The number of benzene rings is 2. The first-order valence-electron chi connectivity index (χ1n) is 8.07. The lowest BCUT2D eigenvalue weighted by Crippen LogP contribution is -2.25. The molecule has 0 aliphatic carbocycles. The largest absolute Gasteiger partial charge is 0.349 e. The first-order chi connectivity index (χ1) is 12.0. The fraction of sp³-hybridized carbons (Fsp3) is 0.200. The van der Waals surface area contributed by atoms with Crippen LogP contribution in [0.3, 0.4) is 0 Å². The Balaban J connectivity index is 2.12. The Labute approximate surface area is 152 Å². The molecule has 25 heavy (non-hydrogen) atoms. The Kier molecular flexibility index (Phi) is 6.83. The van der Waals surface area contributed by atoms with Crippen LogP contribution in [0.4, 0.5) is 5.69 Å². The molecule has 0 aliphatic heterocycles. The SMILES string of the molecule is C=CCNC(=O)c1ccccc1NC(=O)c1ccc(SC(C)C)cc1. The first-order valence-corrected chi connectivity index (χ1v) is 8.95. The molecule has 0 spiro atoms. The molecule has 2 rings (SSSR count). The molecule has 0 saturated heterocycles. The molecule has 0 atom stereocenters. The highest BCUT2D eigenvalue weighted by Gasteiger charge is 2.13. The second-order valence-electron chi connectivity index (χ2n) is 5.69. The van der Waals surface area contributed by atoms with Crippen LogP contribution >= 0.6 is 11.8 Å². The van der Waals surface area contributed by atoms with Crippen LogP contribution in [0.5, 0.6) is 0 Å². The number of carbonyl (C=O) groups is 2. The van der Waals surface area contributed by atoms with Gasteiger partial charge in [0.25, 0.3) is 11.8 Å². The van der Waals surface area contributed by atoms with Gasteiger partial charge in [0.05, 0.1) is 11.3 Å².